The molecule has 0 unspecified atom stereocenters. The highest BCUT2D eigenvalue weighted by atomic mass is 32.2. The third-order valence-electron chi connectivity index (χ3n) is 2.72. The lowest BCUT2D eigenvalue weighted by atomic mass is 10.4. The number of hydrogen-bond acceptors (Lipinski definition) is 5. The quantitative estimate of drug-likeness (QED) is 0.680. The Kier molecular flexibility index (Phi) is 3.69. The van der Waals surface area contributed by atoms with Gasteiger partial charge in [0.05, 0.1) is 18.8 Å². The summed E-state index contributed by atoms with van der Waals surface area (Å²) in [5.74, 6) is 0.593. The lowest BCUT2D eigenvalue weighted by Gasteiger charge is -2.07. The standard InChI is InChI=1S/C10H15N5O3S/c1-7-10(8(6-16)14-13-7)19(17,18)12-5-9-11-3-4-15(9)2/h3-4,12,16H,5-6H2,1-2H3,(H,13,14). The van der Waals surface area contributed by atoms with Gasteiger partial charge in [-0.05, 0) is 6.92 Å². The van der Waals surface area contributed by atoms with Gasteiger partial charge in [-0.1, -0.05) is 0 Å². The lowest BCUT2D eigenvalue weighted by molar-refractivity contribution is 0.273. The first-order chi connectivity index (χ1) is 8.95. The van der Waals surface area contributed by atoms with E-state index in [1.165, 1.54) is 0 Å². The van der Waals surface area contributed by atoms with Gasteiger partial charge in [0.2, 0.25) is 10.0 Å². The fourth-order valence-electron chi connectivity index (χ4n) is 1.73. The van der Waals surface area contributed by atoms with Crippen LogP contribution in [0.15, 0.2) is 17.3 Å². The Morgan fingerprint density at radius 1 is 1.53 bits per heavy atom. The molecule has 0 aromatic carbocycles. The van der Waals surface area contributed by atoms with Crippen molar-refractivity contribution in [1.29, 1.82) is 0 Å². The normalized spacial score (nSPS) is 11.9. The van der Waals surface area contributed by atoms with Crippen LogP contribution in [0.2, 0.25) is 0 Å². The highest BCUT2D eigenvalue weighted by Gasteiger charge is 2.24. The Balaban J connectivity index is 2.23. The largest absolute Gasteiger partial charge is 0.390 e. The second kappa shape index (κ2) is 5.11. The number of aliphatic hydroxyl groups excluding tert-OH is 1. The monoisotopic (exact) mass is 285 g/mol. The first-order valence-corrected chi connectivity index (χ1v) is 7.04. The van der Waals surface area contributed by atoms with E-state index in [9.17, 15) is 8.42 Å². The molecule has 2 aromatic rings. The average molecular weight is 285 g/mol. The highest BCUT2D eigenvalue weighted by molar-refractivity contribution is 7.89. The topological polar surface area (TPSA) is 113 Å². The predicted octanol–water partition coefficient (Wildman–Crippen LogP) is -0.578. The van der Waals surface area contributed by atoms with Crippen LogP contribution < -0.4 is 4.72 Å². The van der Waals surface area contributed by atoms with Crippen LogP contribution in [0.25, 0.3) is 0 Å². The number of aryl methyl sites for hydroxylation is 2. The summed E-state index contributed by atoms with van der Waals surface area (Å²) in [6.07, 6.45) is 3.32. The highest BCUT2D eigenvalue weighted by Crippen LogP contribution is 2.17. The Bertz CT molecular complexity index is 673. The molecule has 2 aromatic heterocycles. The third kappa shape index (κ3) is 2.67. The fraction of sp³-hybridized carbons (Fsp3) is 0.400. The van der Waals surface area contributed by atoms with E-state index >= 15 is 0 Å². The average Bonchev–Trinajstić information content (AvgIpc) is 2.93. The summed E-state index contributed by atoms with van der Waals surface area (Å²) in [4.78, 5) is 4.02. The van der Waals surface area contributed by atoms with Crippen molar-refractivity contribution in [1.82, 2.24) is 24.5 Å². The minimum absolute atomic E-state index is 0.00999. The summed E-state index contributed by atoms with van der Waals surface area (Å²) >= 11 is 0. The van der Waals surface area contributed by atoms with Crippen molar-refractivity contribution in [2.45, 2.75) is 25.0 Å². The van der Waals surface area contributed by atoms with Crippen LogP contribution in [0, 0.1) is 6.92 Å². The summed E-state index contributed by atoms with van der Waals surface area (Å²) < 4.78 is 28.5. The van der Waals surface area contributed by atoms with Crippen LogP contribution in [0.5, 0.6) is 0 Å². The third-order valence-corrected chi connectivity index (χ3v) is 4.32. The summed E-state index contributed by atoms with van der Waals surface area (Å²) in [7, 11) is -1.96. The zero-order valence-electron chi connectivity index (χ0n) is 10.6. The lowest BCUT2D eigenvalue weighted by Crippen LogP contribution is -2.26. The Labute approximate surface area is 110 Å². The summed E-state index contributed by atoms with van der Waals surface area (Å²) in [6.45, 7) is 1.21. The number of imidazole rings is 1. The van der Waals surface area contributed by atoms with Gasteiger partial charge in [0.15, 0.2) is 0 Å². The molecule has 0 fully saturated rings. The van der Waals surface area contributed by atoms with E-state index in [1.807, 2.05) is 0 Å². The van der Waals surface area contributed by atoms with Crippen LogP contribution in [0.4, 0.5) is 0 Å². The number of rotatable bonds is 5. The van der Waals surface area contributed by atoms with Gasteiger partial charge >= 0.3 is 0 Å². The van der Waals surface area contributed by atoms with Gasteiger partial charge in [-0.3, -0.25) is 5.10 Å². The number of aromatic nitrogens is 4. The molecular weight excluding hydrogens is 270 g/mol. The summed E-state index contributed by atoms with van der Waals surface area (Å²) in [5.41, 5.74) is 0.487. The first kappa shape index (κ1) is 13.7. The molecule has 8 nitrogen and oxygen atoms in total. The van der Waals surface area contributed by atoms with Gasteiger partial charge in [0, 0.05) is 19.4 Å². The molecule has 0 radical (unpaired) electrons. The number of nitrogens with zero attached hydrogens (tertiary/aromatic N) is 3. The fourth-order valence-corrected chi connectivity index (χ4v) is 3.06. The van der Waals surface area contributed by atoms with E-state index in [2.05, 4.69) is 19.9 Å². The maximum absolute atomic E-state index is 12.2. The van der Waals surface area contributed by atoms with Crippen LogP contribution in [0.3, 0.4) is 0 Å². The number of H-pyrrole nitrogens is 1. The molecule has 0 spiro atoms. The molecule has 0 aliphatic heterocycles. The van der Waals surface area contributed by atoms with E-state index in [4.69, 9.17) is 5.11 Å². The number of hydrogen-bond donors (Lipinski definition) is 3. The number of aliphatic hydroxyl groups is 1. The molecule has 3 N–H and O–H groups in total. The molecule has 0 saturated carbocycles. The Hall–Kier alpha value is -1.71. The van der Waals surface area contributed by atoms with Crippen molar-refractivity contribution in [2.75, 3.05) is 0 Å². The zero-order chi connectivity index (χ0) is 14.0. The van der Waals surface area contributed by atoms with Crippen molar-refractivity contribution in [3.05, 3.63) is 29.6 Å². The van der Waals surface area contributed by atoms with Gasteiger partial charge in [-0.15, -0.1) is 0 Å². The van der Waals surface area contributed by atoms with E-state index in [1.54, 1.807) is 30.9 Å². The molecule has 9 heteroatoms. The van der Waals surface area contributed by atoms with E-state index < -0.39 is 16.6 Å². The molecule has 19 heavy (non-hydrogen) atoms. The van der Waals surface area contributed by atoms with Gasteiger partial charge < -0.3 is 9.67 Å². The molecule has 0 amide bonds. The summed E-state index contributed by atoms with van der Waals surface area (Å²) in [5, 5.41) is 15.4. The molecular formula is C10H15N5O3S. The molecule has 0 atom stereocenters. The van der Waals surface area contributed by atoms with E-state index in [0.29, 0.717) is 11.5 Å². The molecule has 2 heterocycles. The van der Waals surface area contributed by atoms with Gasteiger partial charge in [0.25, 0.3) is 0 Å². The van der Waals surface area contributed by atoms with Crippen molar-refractivity contribution in [3.8, 4) is 0 Å². The maximum Gasteiger partial charge on any atom is 0.244 e. The van der Waals surface area contributed by atoms with E-state index in [-0.39, 0.29) is 17.1 Å². The summed E-state index contributed by atoms with van der Waals surface area (Å²) in [6, 6.07) is 0. The number of sulfonamides is 1. The van der Waals surface area contributed by atoms with Crippen LogP contribution in [-0.2, 0) is 30.2 Å². The van der Waals surface area contributed by atoms with Crippen LogP contribution in [0.1, 0.15) is 17.2 Å². The minimum atomic E-state index is -3.74. The van der Waals surface area contributed by atoms with Gasteiger partial charge in [-0.25, -0.2) is 18.1 Å². The molecule has 0 aliphatic rings. The predicted molar refractivity (Wildman–Crippen MR) is 66.5 cm³/mol. The van der Waals surface area contributed by atoms with Crippen molar-refractivity contribution in [2.24, 2.45) is 7.05 Å². The van der Waals surface area contributed by atoms with Gasteiger partial charge in [0.1, 0.15) is 16.4 Å². The maximum atomic E-state index is 12.2. The van der Waals surface area contributed by atoms with Crippen molar-refractivity contribution >= 4 is 10.0 Å². The Morgan fingerprint density at radius 3 is 2.84 bits per heavy atom. The van der Waals surface area contributed by atoms with Gasteiger partial charge in [-0.2, -0.15) is 5.10 Å². The first-order valence-electron chi connectivity index (χ1n) is 5.56. The zero-order valence-corrected chi connectivity index (χ0v) is 11.4. The van der Waals surface area contributed by atoms with Crippen LogP contribution >= 0.6 is 0 Å². The molecule has 0 saturated heterocycles. The second-order valence-electron chi connectivity index (χ2n) is 4.06. The SMILES string of the molecule is Cc1[nH]nc(CO)c1S(=O)(=O)NCc1nccn1C. The Morgan fingerprint density at radius 2 is 2.26 bits per heavy atom. The minimum Gasteiger partial charge on any atom is -0.390 e. The van der Waals surface area contributed by atoms with Crippen molar-refractivity contribution < 1.29 is 13.5 Å². The van der Waals surface area contributed by atoms with Crippen molar-refractivity contribution in [3.63, 3.8) is 0 Å². The van der Waals surface area contributed by atoms with E-state index in [0.717, 1.165) is 0 Å². The number of aromatic amines is 1. The molecule has 104 valence electrons. The smallest absolute Gasteiger partial charge is 0.244 e. The molecule has 0 bridgehead atoms. The number of nitrogens with one attached hydrogen (secondary N) is 2. The molecule has 0 aliphatic carbocycles. The van der Waals surface area contributed by atoms with Crippen LogP contribution in [-0.4, -0.2) is 33.3 Å². The molecule has 2 rings (SSSR count). The second-order valence-corrected chi connectivity index (χ2v) is 5.77.